The van der Waals surface area contributed by atoms with Gasteiger partial charge in [0.25, 0.3) is 5.91 Å². The number of nitrogens with zero attached hydrogens (tertiary/aromatic N) is 6. The zero-order valence-corrected chi connectivity index (χ0v) is 19.2. The lowest BCUT2D eigenvalue weighted by Crippen LogP contribution is -2.31. The predicted molar refractivity (Wildman–Crippen MR) is 125 cm³/mol. The summed E-state index contributed by atoms with van der Waals surface area (Å²) in [7, 11) is 0. The van der Waals surface area contributed by atoms with Crippen molar-refractivity contribution in [1.82, 2.24) is 20.2 Å². The van der Waals surface area contributed by atoms with E-state index in [9.17, 15) is 9.18 Å². The number of halogens is 3. The molecule has 1 aromatic heterocycles. The first-order chi connectivity index (χ1) is 15.5. The molecule has 0 saturated carbocycles. The Hall–Kier alpha value is -2.75. The van der Waals surface area contributed by atoms with Gasteiger partial charge in [-0.25, -0.2) is 14.1 Å². The van der Waals surface area contributed by atoms with Gasteiger partial charge < -0.3 is 0 Å². The lowest BCUT2D eigenvalue weighted by atomic mass is 10.2. The molecule has 4 rings (SSSR count). The van der Waals surface area contributed by atoms with Crippen molar-refractivity contribution < 1.29 is 9.18 Å². The number of amides is 1. The topological polar surface area (TPSA) is 76.3 Å². The lowest BCUT2D eigenvalue weighted by molar-refractivity contribution is -0.113. The van der Waals surface area contributed by atoms with Gasteiger partial charge in [-0.2, -0.15) is 0 Å². The summed E-state index contributed by atoms with van der Waals surface area (Å²) in [5.74, 6) is 0.0318. The van der Waals surface area contributed by atoms with Gasteiger partial charge in [-0.3, -0.25) is 9.69 Å². The van der Waals surface area contributed by atoms with E-state index < -0.39 is 11.7 Å². The molecule has 0 fully saturated rings. The Labute approximate surface area is 197 Å². The molecule has 3 aromatic rings. The zero-order valence-electron chi connectivity index (χ0n) is 16.9. The highest BCUT2D eigenvalue weighted by molar-refractivity contribution is 8.13. The van der Waals surface area contributed by atoms with E-state index in [0.29, 0.717) is 38.9 Å². The van der Waals surface area contributed by atoms with Gasteiger partial charge in [-0.1, -0.05) is 60.1 Å². The molecule has 1 aliphatic rings. The number of anilines is 1. The van der Waals surface area contributed by atoms with Gasteiger partial charge in [-0.05, 0) is 52.8 Å². The second kappa shape index (κ2) is 9.81. The highest BCUT2D eigenvalue weighted by atomic mass is 35.5. The quantitative estimate of drug-likeness (QED) is 0.443. The Morgan fingerprint density at radius 2 is 1.97 bits per heavy atom. The first-order valence-electron chi connectivity index (χ1n) is 9.70. The molecule has 2 heterocycles. The molecular formula is C21H17Cl2FN6OS. The van der Waals surface area contributed by atoms with Crippen molar-refractivity contribution in [2.45, 2.75) is 25.6 Å². The van der Waals surface area contributed by atoms with Crippen LogP contribution in [0.1, 0.15) is 24.7 Å². The molecule has 0 unspecified atom stereocenters. The molecule has 0 N–H and O–H groups in total. The highest BCUT2D eigenvalue weighted by Crippen LogP contribution is 2.32. The van der Waals surface area contributed by atoms with E-state index in [1.54, 1.807) is 41.1 Å². The largest absolute Gasteiger partial charge is 0.283 e. The van der Waals surface area contributed by atoms with E-state index in [1.165, 1.54) is 28.8 Å². The Bertz CT molecular complexity index is 1230. The molecular weight excluding hydrogens is 474 g/mol. The Kier molecular flexibility index (Phi) is 6.88. The fraction of sp³-hybridized carbons (Fsp3) is 0.190. The first-order valence-corrected chi connectivity index (χ1v) is 11.4. The van der Waals surface area contributed by atoms with Crippen molar-refractivity contribution in [1.29, 1.82) is 0 Å². The molecule has 1 amide bonds. The number of hydrogen-bond donors (Lipinski definition) is 0. The Morgan fingerprint density at radius 1 is 1.16 bits per heavy atom. The van der Waals surface area contributed by atoms with Gasteiger partial charge in [0.1, 0.15) is 11.5 Å². The number of carbonyl (C=O) groups excluding carboxylic acids is 1. The van der Waals surface area contributed by atoms with Crippen molar-refractivity contribution >= 4 is 57.8 Å². The van der Waals surface area contributed by atoms with Crippen LogP contribution in [0.25, 0.3) is 6.08 Å². The molecule has 0 radical (unpaired) electrons. The third kappa shape index (κ3) is 4.69. The number of carbonyl (C=O) groups is 1. The highest BCUT2D eigenvalue weighted by Gasteiger charge is 2.33. The number of thioether (sulfide) groups is 1. The number of benzene rings is 2. The van der Waals surface area contributed by atoms with Gasteiger partial charge in [0.2, 0.25) is 0 Å². The third-order valence-corrected chi connectivity index (χ3v) is 6.22. The Balaban J connectivity index is 1.68. The Morgan fingerprint density at radius 3 is 2.72 bits per heavy atom. The average molecular weight is 491 g/mol. The van der Waals surface area contributed by atoms with E-state index in [2.05, 4.69) is 20.5 Å². The fourth-order valence-corrected chi connectivity index (χ4v) is 4.28. The monoisotopic (exact) mass is 490 g/mol. The molecule has 11 heteroatoms. The number of rotatable bonds is 6. The first kappa shape index (κ1) is 22.4. The molecule has 2 aromatic carbocycles. The minimum Gasteiger partial charge on any atom is -0.266 e. The van der Waals surface area contributed by atoms with Crippen LogP contribution in [0.4, 0.5) is 10.1 Å². The summed E-state index contributed by atoms with van der Waals surface area (Å²) in [6.45, 7) is 2.70. The molecule has 32 heavy (non-hydrogen) atoms. The maximum atomic E-state index is 14.6. The summed E-state index contributed by atoms with van der Waals surface area (Å²) in [6, 6.07) is 11.1. The van der Waals surface area contributed by atoms with Crippen molar-refractivity contribution in [3.8, 4) is 0 Å². The smallest absolute Gasteiger partial charge is 0.266 e. The van der Waals surface area contributed by atoms with Crippen molar-refractivity contribution in [3.05, 3.63) is 75.4 Å². The van der Waals surface area contributed by atoms with E-state index in [-0.39, 0.29) is 11.4 Å². The minimum absolute atomic E-state index is 0.120. The number of amidine groups is 1. The predicted octanol–water partition coefficient (Wildman–Crippen LogP) is 5.21. The molecule has 0 aliphatic carbocycles. The SMILES string of the molecule is CCCn1nnnc1CSC1=N/C(=C\c2ccc(Cl)c(Cl)c2)C(=O)N1c1ccccc1F. The number of hydrogen-bond acceptors (Lipinski definition) is 6. The number of para-hydroxylation sites is 1. The third-order valence-electron chi connectivity index (χ3n) is 4.54. The number of tetrazole rings is 1. The molecule has 1 aliphatic heterocycles. The molecule has 164 valence electrons. The van der Waals surface area contributed by atoms with E-state index in [0.717, 1.165) is 6.42 Å². The second-order valence-corrected chi connectivity index (χ2v) is 8.55. The number of aromatic nitrogens is 4. The van der Waals surface area contributed by atoms with Crippen LogP contribution in [0.2, 0.25) is 10.0 Å². The fourth-order valence-electron chi connectivity index (χ4n) is 3.04. The summed E-state index contributed by atoms with van der Waals surface area (Å²) < 4.78 is 16.3. The van der Waals surface area contributed by atoms with E-state index >= 15 is 0 Å². The van der Waals surface area contributed by atoms with Gasteiger partial charge in [0.05, 0.1) is 21.5 Å². The summed E-state index contributed by atoms with van der Waals surface area (Å²) >= 11 is 13.3. The van der Waals surface area contributed by atoms with Crippen LogP contribution in [-0.4, -0.2) is 31.3 Å². The van der Waals surface area contributed by atoms with E-state index in [1.807, 2.05) is 6.92 Å². The van der Waals surface area contributed by atoms with Crippen LogP contribution in [0.15, 0.2) is 53.2 Å². The van der Waals surface area contributed by atoms with Gasteiger partial charge >= 0.3 is 0 Å². The van der Waals surface area contributed by atoms with Crippen molar-refractivity contribution in [2.75, 3.05) is 4.90 Å². The van der Waals surface area contributed by atoms with Crippen molar-refractivity contribution in [2.24, 2.45) is 4.99 Å². The average Bonchev–Trinajstić information content (AvgIpc) is 3.34. The van der Waals surface area contributed by atoms with Crippen LogP contribution in [-0.2, 0) is 17.1 Å². The summed E-state index contributed by atoms with van der Waals surface area (Å²) in [5, 5.41) is 12.8. The maximum absolute atomic E-state index is 14.6. The zero-order chi connectivity index (χ0) is 22.7. The standard InChI is InChI=1S/C21H17Cl2FN6OS/c1-2-9-29-19(26-27-28-29)12-32-21-25-17(11-13-7-8-14(22)15(23)10-13)20(31)30(21)18-6-4-3-5-16(18)24/h3-8,10-11H,2,9,12H2,1H3/b17-11-. The number of aryl methyl sites for hydroxylation is 1. The van der Waals surface area contributed by atoms with Crippen LogP contribution in [0, 0.1) is 5.82 Å². The summed E-state index contributed by atoms with van der Waals surface area (Å²) in [6.07, 6.45) is 2.47. The van der Waals surface area contributed by atoms with Crippen LogP contribution < -0.4 is 4.90 Å². The summed E-state index contributed by atoms with van der Waals surface area (Å²) in [4.78, 5) is 19.0. The molecule has 0 bridgehead atoms. The van der Waals surface area contributed by atoms with Gasteiger partial charge in [-0.15, -0.1) is 5.10 Å². The number of aliphatic imine (C=N–C) groups is 1. The van der Waals surface area contributed by atoms with Gasteiger partial charge in [0, 0.05) is 6.54 Å². The lowest BCUT2D eigenvalue weighted by Gasteiger charge is -2.18. The van der Waals surface area contributed by atoms with Crippen LogP contribution >= 0.6 is 35.0 Å². The molecule has 0 saturated heterocycles. The van der Waals surface area contributed by atoms with E-state index in [4.69, 9.17) is 23.2 Å². The summed E-state index contributed by atoms with van der Waals surface area (Å²) in [5.41, 5.74) is 0.926. The maximum Gasteiger partial charge on any atom is 0.283 e. The van der Waals surface area contributed by atoms with Crippen LogP contribution in [0.5, 0.6) is 0 Å². The molecule has 0 spiro atoms. The van der Waals surface area contributed by atoms with Crippen molar-refractivity contribution in [3.63, 3.8) is 0 Å². The molecule has 7 nitrogen and oxygen atoms in total. The second-order valence-electron chi connectivity index (χ2n) is 6.80. The minimum atomic E-state index is -0.527. The van der Waals surface area contributed by atoms with Gasteiger partial charge in [0.15, 0.2) is 11.0 Å². The normalized spacial score (nSPS) is 15.0. The molecule has 0 atom stereocenters. The van der Waals surface area contributed by atoms with Crippen LogP contribution in [0.3, 0.4) is 0 Å².